The number of nitrogens with one attached hydrogen (secondary N) is 1. The lowest BCUT2D eigenvalue weighted by atomic mass is 9.49. The Balaban J connectivity index is 1.51. The van der Waals surface area contributed by atoms with Crippen molar-refractivity contribution in [3.63, 3.8) is 0 Å². The fraction of sp³-hybridized carbons (Fsp3) is 0.659. The fourth-order valence-electron chi connectivity index (χ4n) is 10.8. The SMILES string of the molecule is COC(=O)NC1C(C)OC(OC2CC=C(C)C3C=CC4C(O)C(C)CC(C)C4C3(C)C(O)=C3C(=O)OC4(CC(C=O)=CC(O)C4C=C2C)C3=O)CC1(C)N([O-])O. The standard InChI is InChI=1S/C41H55N2O13/c1-19-9-12-29(55-30-17-39(6,43(51)52)34(23(5)54-30)42-38(50)53-8)20(2)14-27-28(45)15-24(18-44)16-41(27)36(48)31(37(49)56-41)35(47)40(7)26(19)11-10-25-32(40)21(3)13-22(4)33(25)46/h9-11,14-15,18,21-23,25-30,32-34,45-47,51H,12-13,16-17H2,1-8H3,(H,42,50)/q-1. The number of nitrogens with zero attached hydrogens (tertiary/aromatic N) is 1. The van der Waals surface area contributed by atoms with E-state index in [0.29, 0.717) is 18.3 Å². The third kappa shape index (κ3) is 6.68. The minimum atomic E-state index is -2.09. The summed E-state index contributed by atoms with van der Waals surface area (Å²) in [6.07, 6.45) is 3.60. The number of ether oxygens (including phenoxy) is 4. The summed E-state index contributed by atoms with van der Waals surface area (Å²) in [5.74, 6) is -5.08. The Morgan fingerprint density at radius 3 is 2.43 bits per heavy atom. The molecule has 6 aliphatic rings. The lowest BCUT2D eigenvalue weighted by molar-refractivity contribution is -0.267. The second kappa shape index (κ2) is 15.2. The number of aliphatic hydroxyl groups excluding tert-OH is 3. The third-order valence-corrected chi connectivity index (χ3v) is 13.8. The second-order valence-electron chi connectivity index (χ2n) is 17.3. The summed E-state index contributed by atoms with van der Waals surface area (Å²) in [6.45, 7) is 12.5. The van der Waals surface area contributed by atoms with Gasteiger partial charge in [-0.1, -0.05) is 50.6 Å². The molecule has 308 valence electrons. The Bertz CT molecular complexity index is 1780. The van der Waals surface area contributed by atoms with Crippen molar-refractivity contribution in [2.45, 2.75) is 122 Å². The van der Waals surface area contributed by atoms with Crippen molar-refractivity contribution < 1.29 is 58.7 Å². The number of hydrogen-bond acceptors (Lipinski definition) is 14. The number of methoxy groups -OCH3 is 1. The van der Waals surface area contributed by atoms with Gasteiger partial charge in [-0.2, -0.15) is 0 Å². The van der Waals surface area contributed by atoms with Gasteiger partial charge in [0, 0.05) is 30.1 Å². The van der Waals surface area contributed by atoms with Crippen molar-refractivity contribution in [3.8, 4) is 0 Å². The molecule has 0 aromatic rings. The van der Waals surface area contributed by atoms with Crippen molar-refractivity contribution in [2.24, 2.45) is 40.9 Å². The number of aldehydes is 1. The summed E-state index contributed by atoms with van der Waals surface area (Å²) >= 11 is 0. The van der Waals surface area contributed by atoms with Gasteiger partial charge in [-0.25, -0.2) is 9.59 Å². The maximum Gasteiger partial charge on any atom is 0.407 e. The van der Waals surface area contributed by atoms with Gasteiger partial charge in [0.25, 0.3) is 0 Å². The zero-order valence-corrected chi connectivity index (χ0v) is 33.1. The van der Waals surface area contributed by atoms with E-state index in [-0.39, 0.29) is 41.9 Å². The normalized spacial score (nSPS) is 44.1. The van der Waals surface area contributed by atoms with Crippen LogP contribution in [0.4, 0.5) is 4.79 Å². The van der Waals surface area contributed by atoms with Crippen molar-refractivity contribution in [2.75, 3.05) is 7.11 Å². The minimum absolute atomic E-state index is 0.0405. The summed E-state index contributed by atoms with van der Waals surface area (Å²) in [7, 11) is 1.17. The highest BCUT2D eigenvalue weighted by Gasteiger charge is 2.64. The molecule has 56 heavy (non-hydrogen) atoms. The van der Waals surface area contributed by atoms with Gasteiger partial charge in [-0.3, -0.25) is 14.8 Å². The summed E-state index contributed by atoms with van der Waals surface area (Å²) in [6, 6.07) is -1.01. The number of rotatable bonds is 5. The van der Waals surface area contributed by atoms with Crippen LogP contribution in [0.5, 0.6) is 0 Å². The largest absolute Gasteiger partial charge is 0.762 e. The van der Waals surface area contributed by atoms with Gasteiger partial charge in [0.1, 0.15) is 17.6 Å². The number of allylic oxidation sites excluding steroid dienone is 3. The zero-order chi connectivity index (χ0) is 41.2. The topological polar surface area (TPSA) is 224 Å². The van der Waals surface area contributed by atoms with Crippen LogP contribution in [0.2, 0.25) is 0 Å². The van der Waals surface area contributed by atoms with Gasteiger partial charge in [0.2, 0.25) is 5.78 Å². The predicted octanol–water partition coefficient (Wildman–Crippen LogP) is 4.12. The molecule has 15 unspecified atom stereocenters. The number of hydrogen-bond donors (Lipinski definition) is 5. The Labute approximate surface area is 326 Å². The minimum Gasteiger partial charge on any atom is -0.762 e. The lowest BCUT2D eigenvalue weighted by Crippen LogP contribution is -2.67. The molecule has 5 N–H and O–H groups in total. The average molecular weight is 784 g/mol. The monoisotopic (exact) mass is 783 g/mol. The first-order valence-electron chi connectivity index (χ1n) is 19.3. The van der Waals surface area contributed by atoms with E-state index in [1.54, 1.807) is 19.9 Å². The van der Waals surface area contributed by atoms with Gasteiger partial charge in [-0.15, -0.1) is 0 Å². The second-order valence-corrected chi connectivity index (χ2v) is 17.3. The van der Waals surface area contributed by atoms with E-state index in [0.717, 1.165) is 5.57 Å². The quantitative estimate of drug-likeness (QED) is 0.0870. The van der Waals surface area contributed by atoms with E-state index in [4.69, 9.17) is 18.9 Å². The average Bonchev–Trinajstić information content (AvgIpc) is 3.38. The number of carbonyl (C=O) groups excluding carboxylic acids is 4. The first-order valence-corrected chi connectivity index (χ1v) is 19.3. The Morgan fingerprint density at radius 2 is 1.79 bits per heavy atom. The molecule has 2 saturated heterocycles. The number of amides is 1. The predicted molar refractivity (Wildman–Crippen MR) is 199 cm³/mol. The van der Waals surface area contributed by atoms with E-state index < -0.39 is 106 Å². The smallest absolute Gasteiger partial charge is 0.407 e. The fourth-order valence-corrected chi connectivity index (χ4v) is 10.8. The highest BCUT2D eigenvalue weighted by molar-refractivity contribution is 6.26. The molecule has 4 aliphatic carbocycles. The van der Waals surface area contributed by atoms with Gasteiger partial charge in [0.15, 0.2) is 11.9 Å². The summed E-state index contributed by atoms with van der Waals surface area (Å²) in [5, 5.41) is 60.9. The molecule has 0 aromatic carbocycles. The highest BCUT2D eigenvalue weighted by atomic mass is 16.8. The Morgan fingerprint density at radius 1 is 1.09 bits per heavy atom. The van der Waals surface area contributed by atoms with Gasteiger partial charge >= 0.3 is 12.1 Å². The van der Waals surface area contributed by atoms with Crippen LogP contribution in [0.1, 0.15) is 74.1 Å². The Hall–Kier alpha value is -3.70. The van der Waals surface area contributed by atoms with E-state index >= 15 is 0 Å². The van der Waals surface area contributed by atoms with E-state index in [1.807, 2.05) is 45.9 Å². The molecule has 2 heterocycles. The molecule has 1 amide bonds. The maximum atomic E-state index is 14.9. The zero-order valence-electron chi connectivity index (χ0n) is 33.1. The molecular weight excluding hydrogens is 728 g/mol. The van der Waals surface area contributed by atoms with Crippen molar-refractivity contribution in [1.29, 1.82) is 0 Å². The van der Waals surface area contributed by atoms with E-state index in [2.05, 4.69) is 5.32 Å². The van der Waals surface area contributed by atoms with Crippen molar-refractivity contribution >= 4 is 24.1 Å². The number of esters is 1. The van der Waals surface area contributed by atoms with Crippen LogP contribution in [-0.4, -0.2) is 105 Å². The Kier molecular flexibility index (Phi) is 11.4. The van der Waals surface area contributed by atoms with Crippen LogP contribution < -0.4 is 5.32 Å². The first kappa shape index (κ1) is 41.9. The van der Waals surface area contributed by atoms with Crippen molar-refractivity contribution in [3.05, 3.63) is 63.6 Å². The number of ketones is 1. The maximum absolute atomic E-state index is 14.9. The van der Waals surface area contributed by atoms with Crippen LogP contribution in [0.15, 0.2) is 58.4 Å². The number of alkyl carbamates (subject to hydrolysis) is 1. The number of carbonyl (C=O) groups is 4. The first-order chi connectivity index (χ1) is 26.2. The van der Waals surface area contributed by atoms with E-state index in [1.165, 1.54) is 20.1 Å². The molecule has 3 fully saturated rings. The van der Waals surface area contributed by atoms with Crippen LogP contribution in [-0.2, 0) is 33.3 Å². The number of fused-ring (bicyclic) bond motifs is 4. The highest BCUT2D eigenvalue weighted by Crippen LogP contribution is 2.60. The van der Waals surface area contributed by atoms with Crippen LogP contribution in [0.25, 0.3) is 0 Å². The lowest BCUT2D eigenvalue weighted by Gasteiger charge is -2.55. The molecule has 2 aliphatic heterocycles. The van der Waals surface area contributed by atoms with Gasteiger partial charge in [0.05, 0.1) is 49.0 Å². The van der Waals surface area contributed by atoms with Crippen molar-refractivity contribution in [1.82, 2.24) is 10.5 Å². The van der Waals surface area contributed by atoms with E-state index in [9.17, 15) is 44.9 Å². The molecule has 15 heteroatoms. The van der Waals surface area contributed by atoms with Crippen LogP contribution >= 0.6 is 0 Å². The van der Waals surface area contributed by atoms with Gasteiger partial charge in [-0.05, 0) is 75.5 Å². The summed E-state index contributed by atoms with van der Waals surface area (Å²) < 4.78 is 23.5. The molecule has 15 nitrogen and oxygen atoms in total. The molecule has 15 atom stereocenters. The molecule has 0 radical (unpaired) electrons. The molecule has 1 spiro atoms. The molecular formula is C41H55N2O13-. The number of aliphatic hydroxyl groups is 3. The number of Topliss-reactive ketones (excluding diaryl/α,β-unsaturated/α-hetero) is 1. The summed E-state index contributed by atoms with van der Waals surface area (Å²) in [4.78, 5) is 53.3. The number of hydroxylamine groups is 2. The third-order valence-electron chi connectivity index (χ3n) is 13.8. The van der Waals surface area contributed by atoms with Gasteiger partial charge < -0.3 is 50.0 Å². The molecule has 1 saturated carbocycles. The molecule has 6 rings (SSSR count). The van der Waals surface area contributed by atoms with Crippen LogP contribution in [0, 0.1) is 46.1 Å². The molecule has 2 bridgehead atoms. The molecule has 0 aromatic heterocycles. The summed E-state index contributed by atoms with van der Waals surface area (Å²) in [5.41, 5.74) is -4.23. The van der Waals surface area contributed by atoms with Crippen LogP contribution in [0.3, 0.4) is 0 Å².